The molecule has 4 heteroatoms. The van der Waals surface area contributed by atoms with E-state index < -0.39 is 0 Å². The summed E-state index contributed by atoms with van der Waals surface area (Å²) in [6, 6.07) is 6.51. The number of hydrogen-bond donors (Lipinski definition) is 1. The topological polar surface area (TPSA) is 41.6 Å². The van der Waals surface area contributed by atoms with Gasteiger partial charge in [-0.1, -0.05) is 19.1 Å². The molecule has 0 saturated carbocycles. The predicted molar refractivity (Wildman–Crippen MR) is 55.0 cm³/mol. The largest absolute Gasteiger partial charge is 0.263 e. The van der Waals surface area contributed by atoms with Gasteiger partial charge in [-0.25, -0.2) is 9.37 Å². The van der Waals surface area contributed by atoms with Crippen LogP contribution in [0.5, 0.6) is 0 Å². The number of rotatable bonds is 3. The number of hydrogen-bond acceptors (Lipinski definition) is 2. The van der Waals surface area contributed by atoms with Gasteiger partial charge in [-0.15, -0.1) is 0 Å². The van der Waals surface area contributed by atoms with Crippen molar-refractivity contribution in [1.29, 1.82) is 0 Å². The Morgan fingerprint density at radius 2 is 2.27 bits per heavy atom. The SMILES string of the molecule is CCc1n[nH]c(Cc2cccc(F)c2)n1. The van der Waals surface area contributed by atoms with Crippen LogP contribution in [-0.4, -0.2) is 15.2 Å². The number of aromatic nitrogens is 3. The Balaban J connectivity index is 2.14. The van der Waals surface area contributed by atoms with Crippen LogP contribution in [0.1, 0.15) is 24.1 Å². The fraction of sp³-hybridized carbons (Fsp3) is 0.273. The van der Waals surface area contributed by atoms with Crippen LogP contribution in [0.3, 0.4) is 0 Å². The summed E-state index contributed by atoms with van der Waals surface area (Å²) in [7, 11) is 0. The number of benzene rings is 1. The van der Waals surface area contributed by atoms with E-state index in [0.717, 1.165) is 23.6 Å². The molecule has 2 rings (SSSR count). The van der Waals surface area contributed by atoms with Gasteiger partial charge in [-0.05, 0) is 17.7 Å². The lowest BCUT2D eigenvalue weighted by molar-refractivity contribution is 0.626. The highest BCUT2D eigenvalue weighted by molar-refractivity contribution is 5.19. The van der Waals surface area contributed by atoms with Crippen molar-refractivity contribution in [2.75, 3.05) is 0 Å². The van der Waals surface area contributed by atoms with Gasteiger partial charge in [0, 0.05) is 12.8 Å². The third kappa shape index (κ3) is 2.40. The second kappa shape index (κ2) is 4.21. The van der Waals surface area contributed by atoms with Gasteiger partial charge in [0.05, 0.1) is 0 Å². The van der Waals surface area contributed by atoms with E-state index in [0.29, 0.717) is 6.42 Å². The van der Waals surface area contributed by atoms with E-state index in [1.165, 1.54) is 12.1 Å². The van der Waals surface area contributed by atoms with Gasteiger partial charge in [0.2, 0.25) is 0 Å². The molecule has 0 unspecified atom stereocenters. The molecule has 2 aromatic rings. The van der Waals surface area contributed by atoms with Crippen molar-refractivity contribution in [1.82, 2.24) is 15.2 Å². The highest BCUT2D eigenvalue weighted by Gasteiger charge is 2.02. The van der Waals surface area contributed by atoms with Crippen molar-refractivity contribution in [3.05, 3.63) is 47.3 Å². The fourth-order valence-electron chi connectivity index (χ4n) is 1.41. The third-order valence-corrected chi connectivity index (χ3v) is 2.15. The lowest BCUT2D eigenvalue weighted by Gasteiger charge is -1.97. The van der Waals surface area contributed by atoms with Crippen LogP contribution in [0.25, 0.3) is 0 Å². The van der Waals surface area contributed by atoms with E-state index in [1.807, 2.05) is 13.0 Å². The van der Waals surface area contributed by atoms with Crippen molar-refractivity contribution >= 4 is 0 Å². The Morgan fingerprint density at radius 1 is 1.40 bits per heavy atom. The average Bonchev–Trinajstić information content (AvgIpc) is 2.65. The summed E-state index contributed by atoms with van der Waals surface area (Å²) in [5.41, 5.74) is 0.897. The van der Waals surface area contributed by atoms with Gasteiger partial charge in [0.15, 0.2) is 0 Å². The maximum Gasteiger partial charge on any atom is 0.150 e. The summed E-state index contributed by atoms with van der Waals surface area (Å²) in [4.78, 5) is 4.26. The first-order valence-corrected chi connectivity index (χ1v) is 4.92. The average molecular weight is 205 g/mol. The first-order valence-electron chi connectivity index (χ1n) is 4.92. The summed E-state index contributed by atoms with van der Waals surface area (Å²) in [5, 5.41) is 6.86. The quantitative estimate of drug-likeness (QED) is 0.833. The van der Waals surface area contributed by atoms with Crippen LogP contribution in [0, 0.1) is 5.82 Å². The molecule has 1 aromatic heterocycles. The van der Waals surface area contributed by atoms with Gasteiger partial charge in [0.25, 0.3) is 0 Å². The zero-order chi connectivity index (χ0) is 10.7. The summed E-state index contributed by atoms with van der Waals surface area (Å²) in [5.74, 6) is 1.35. The van der Waals surface area contributed by atoms with Crippen LogP contribution in [0.15, 0.2) is 24.3 Å². The maximum absolute atomic E-state index is 12.9. The molecule has 3 nitrogen and oxygen atoms in total. The van der Waals surface area contributed by atoms with E-state index in [2.05, 4.69) is 15.2 Å². The van der Waals surface area contributed by atoms with Gasteiger partial charge in [-0.2, -0.15) is 5.10 Å². The summed E-state index contributed by atoms with van der Waals surface area (Å²) >= 11 is 0. The van der Waals surface area contributed by atoms with Gasteiger partial charge < -0.3 is 0 Å². The Hall–Kier alpha value is -1.71. The summed E-state index contributed by atoms with van der Waals surface area (Å²) in [6.07, 6.45) is 1.39. The van der Waals surface area contributed by atoms with Crippen molar-refractivity contribution in [3.8, 4) is 0 Å². The molecule has 1 heterocycles. The van der Waals surface area contributed by atoms with E-state index in [4.69, 9.17) is 0 Å². The Labute approximate surface area is 87.4 Å². The molecular weight excluding hydrogens is 193 g/mol. The molecule has 0 spiro atoms. The molecule has 0 saturated heterocycles. The molecular formula is C11H12FN3. The van der Waals surface area contributed by atoms with E-state index in [9.17, 15) is 4.39 Å². The van der Waals surface area contributed by atoms with Crippen molar-refractivity contribution in [2.45, 2.75) is 19.8 Å². The highest BCUT2D eigenvalue weighted by atomic mass is 19.1. The Bertz CT molecular complexity index is 451. The van der Waals surface area contributed by atoms with E-state index in [-0.39, 0.29) is 5.82 Å². The first-order chi connectivity index (χ1) is 7.28. The zero-order valence-corrected chi connectivity index (χ0v) is 8.50. The van der Waals surface area contributed by atoms with Gasteiger partial charge >= 0.3 is 0 Å². The van der Waals surface area contributed by atoms with Crippen LogP contribution in [-0.2, 0) is 12.8 Å². The van der Waals surface area contributed by atoms with Crippen LogP contribution < -0.4 is 0 Å². The molecule has 0 fully saturated rings. The molecule has 15 heavy (non-hydrogen) atoms. The molecule has 1 N–H and O–H groups in total. The molecule has 0 aliphatic carbocycles. The van der Waals surface area contributed by atoms with E-state index >= 15 is 0 Å². The lowest BCUT2D eigenvalue weighted by Crippen LogP contribution is -1.91. The smallest absolute Gasteiger partial charge is 0.150 e. The Kier molecular flexibility index (Phi) is 2.76. The Morgan fingerprint density at radius 3 is 2.93 bits per heavy atom. The summed E-state index contributed by atoms with van der Waals surface area (Å²) < 4.78 is 12.9. The fourth-order valence-corrected chi connectivity index (χ4v) is 1.41. The highest BCUT2D eigenvalue weighted by Crippen LogP contribution is 2.07. The van der Waals surface area contributed by atoms with Crippen molar-refractivity contribution in [2.24, 2.45) is 0 Å². The number of H-pyrrole nitrogens is 1. The molecule has 0 aliphatic heterocycles. The molecule has 0 atom stereocenters. The third-order valence-electron chi connectivity index (χ3n) is 2.15. The second-order valence-corrected chi connectivity index (χ2v) is 3.36. The number of aryl methyl sites for hydroxylation is 1. The minimum absolute atomic E-state index is 0.220. The standard InChI is InChI=1S/C11H12FN3/c1-2-10-13-11(15-14-10)7-8-4-3-5-9(12)6-8/h3-6H,2,7H2,1H3,(H,13,14,15). The van der Waals surface area contributed by atoms with Crippen LogP contribution in [0.4, 0.5) is 4.39 Å². The van der Waals surface area contributed by atoms with Crippen molar-refractivity contribution in [3.63, 3.8) is 0 Å². The van der Waals surface area contributed by atoms with Crippen LogP contribution >= 0.6 is 0 Å². The van der Waals surface area contributed by atoms with Gasteiger partial charge in [0.1, 0.15) is 17.5 Å². The minimum atomic E-state index is -0.220. The zero-order valence-electron chi connectivity index (χ0n) is 8.50. The maximum atomic E-state index is 12.9. The second-order valence-electron chi connectivity index (χ2n) is 3.36. The number of nitrogens with one attached hydrogen (secondary N) is 1. The van der Waals surface area contributed by atoms with Gasteiger partial charge in [-0.3, -0.25) is 5.10 Å². The number of halogens is 1. The van der Waals surface area contributed by atoms with Crippen molar-refractivity contribution < 1.29 is 4.39 Å². The van der Waals surface area contributed by atoms with E-state index in [1.54, 1.807) is 6.07 Å². The molecule has 0 bridgehead atoms. The number of nitrogens with zero attached hydrogens (tertiary/aromatic N) is 2. The molecule has 0 radical (unpaired) electrons. The lowest BCUT2D eigenvalue weighted by atomic mass is 10.1. The molecule has 0 amide bonds. The predicted octanol–water partition coefficient (Wildman–Crippen LogP) is 2.10. The normalized spacial score (nSPS) is 10.5. The molecule has 78 valence electrons. The summed E-state index contributed by atoms with van der Waals surface area (Å²) in [6.45, 7) is 2.00. The number of aromatic amines is 1. The monoisotopic (exact) mass is 205 g/mol. The minimum Gasteiger partial charge on any atom is -0.263 e. The van der Waals surface area contributed by atoms with Crippen LogP contribution in [0.2, 0.25) is 0 Å². The first kappa shape index (κ1) is 9.83. The molecule has 1 aromatic carbocycles. The molecule has 0 aliphatic rings.